The van der Waals surface area contributed by atoms with Crippen molar-refractivity contribution in [2.75, 3.05) is 30.5 Å². The lowest BCUT2D eigenvalue weighted by atomic mass is 10.1. The number of allylic oxidation sites excluding steroid dienone is 3. The van der Waals surface area contributed by atoms with Crippen LogP contribution in [0.1, 0.15) is 15.9 Å². The van der Waals surface area contributed by atoms with Crippen molar-refractivity contribution < 1.29 is 13.4 Å². The molecule has 0 radical (unpaired) electrons. The molecule has 4 rings (SSSR count). The van der Waals surface area contributed by atoms with Gasteiger partial charge in [0.15, 0.2) is 11.0 Å². The fourth-order valence-corrected chi connectivity index (χ4v) is 5.43. The number of piperazine rings is 1. The number of nitrogens with zero attached hydrogens (tertiary/aromatic N) is 3. The number of benzene rings is 3. The smallest absolute Gasteiger partial charge is 0.253 e. The van der Waals surface area contributed by atoms with Crippen molar-refractivity contribution in [2.24, 2.45) is 0 Å². The largest absolute Gasteiger partial charge is 0.368 e. The van der Waals surface area contributed by atoms with Crippen molar-refractivity contribution in [3.8, 4) is 0 Å². The zero-order valence-electron chi connectivity index (χ0n) is 20.6. The monoisotopic (exact) mass is 515 g/mol. The number of hydrogen-bond acceptors (Lipinski definition) is 3. The molecule has 37 heavy (non-hydrogen) atoms. The zero-order chi connectivity index (χ0) is 26.2. The van der Waals surface area contributed by atoms with E-state index in [0.717, 1.165) is 24.4 Å². The molecular formula is C30H30FN3O2S. The van der Waals surface area contributed by atoms with Gasteiger partial charge in [0.25, 0.3) is 5.91 Å². The number of hydrogen-bond donors (Lipinski definition) is 0. The molecule has 1 fully saturated rings. The molecule has 0 spiro atoms. The minimum absolute atomic E-state index is 0.0340. The Labute approximate surface area is 220 Å². The van der Waals surface area contributed by atoms with Gasteiger partial charge in [0.05, 0.1) is 17.1 Å². The summed E-state index contributed by atoms with van der Waals surface area (Å²) in [5, 5.41) is 0. The van der Waals surface area contributed by atoms with Crippen LogP contribution in [-0.2, 0) is 17.5 Å². The van der Waals surface area contributed by atoms with Crippen LogP contribution in [0.2, 0.25) is 0 Å². The summed E-state index contributed by atoms with van der Waals surface area (Å²) in [6.45, 7) is 10.6. The van der Waals surface area contributed by atoms with E-state index in [1.165, 1.54) is 12.1 Å². The van der Waals surface area contributed by atoms with E-state index in [-0.39, 0.29) is 11.7 Å². The summed E-state index contributed by atoms with van der Waals surface area (Å²) in [4.78, 5) is 17.9. The first-order valence-electron chi connectivity index (χ1n) is 12.1. The van der Waals surface area contributed by atoms with E-state index in [4.69, 9.17) is 0 Å². The number of anilines is 1. The first-order chi connectivity index (χ1) is 18.0. The normalized spacial score (nSPS) is 14.7. The Morgan fingerprint density at radius 3 is 2.11 bits per heavy atom. The van der Waals surface area contributed by atoms with Crippen LogP contribution in [0.5, 0.6) is 0 Å². The molecule has 3 aromatic rings. The van der Waals surface area contributed by atoms with E-state index < -0.39 is 11.0 Å². The van der Waals surface area contributed by atoms with Crippen molar-refractivity contribution in [3.63, 3.8) is 0 Å². The van der Waals surface area contributed by atoms with Gasteiger partial charge < -0.3 is 9.80 Å². The average molecular weight is 516 g/mol. The van der Waals surface area contributed by atoms with Crippen molar-refractivity contribution in [1.29, 1.82) is 0 Å². The lowest BCUT2D eigenvalue weighted by Gasteiger charge is -2.36. The summed E-state index contributed by atoms with van der Waals surface area (Å²) >= 11 is 0. The lowest BCUT2D eigenvalue weighted by Crippen LogP contribution is -2.48. The molecule has 1 atom stereocenters. The Kier molecular flexibility index (Phi) is 8.69. The zero-order valence-corrected chi connectivity index (χ0v) is 21.4. The summed E-state index contributed by atoms with van der Waals surface area (Å²) in [6.07, 6.45) is 5.45. The number of carbonyl (C=O) groups is 1. The Bertz CT molecular complexity index is 1280. The van der Waals surface area contributed by atoms with Gasteiger partial charge in [-0.25, -0.2) is 8.60 Å². The van der Waals surface area contributed by atoms with Crippen LogP contribution < -0.4 is 4.31 Å². The predicted molar refractivity (Wildman–Crippen MR) is 148 cm³/mol. The molecule has 1 unspecified atom stereocenters. The topological polar surface area (TPSA) is 43.9 Å². The van der Waals surface area contributed by atoms with Gasteiger partial charge in [-0.3, -0.25) is 9.10 Å². The molecule has 7 heteroatoms. The van der Waals surface area contributed by atoms with Crippen molar-refractivity contribution in [2.45, 2.75) is 11.4 Å². The second-order valence-corrected chi connectivity index (χ2v) is 9.99. The molecule has 0 saturated carbocycles. The summed E-state index contributed by atoms with van der Waals surface area (Å²) in [6, 6.07) is 22.5. The van der Waals surface area contributed by atoms with Gasteiger partial charge in [-0.2, -0.15) is 0 Å². The van der Waals surface area contributed by atoms with Gasteiger partial charge in [0.2, 0.25) is 0 Å². The Morgan fingerprint density at radius 1 is 0.892 bits per heavy atom. The van der Waals surface area contributed by atoms with Crippen LogP contribution >= 0.6 is 0 Å². The molecule has 1 aliphatic heterocycles. The van der Waals surface area contributed by atoms with Gasteiger partial charge >= 0.3 is 0 Å². The quantitative estimate of drug-likeness (QED) is 0.350. The highest BCUT2D eigenvalue weighted by Gasteiger charge is 2.23. The molecule has 3 aromatic carbocycles. The Balaban J connectivity index is 1.50. The molecule has 190 valence electrons. The molecule has 5 nitrogen and oxygen atoms in total. The van der Waals surface area contributed by atoms with Crippen molar-refractivity contribution in [3.05, 3.63) is 133 Å². The van der Waals surface area contributed by atoms with Crippen LogP contribution in [0.4, 0.5) is 10.1 Å². The number of rotatable bonds is 9. The SMILES string of the molecule is C=C/C=C(\C=C)N1CCN(C(=O)c2ccc(N(Cc3ccc(F)cc3)S(=O)c3ccccc3)cc2)CC1. The molecule has 1 heterocycles. The molecule has 1 saturated heterocycles. The summed E-state index contributed by atoms with van der Waals surface area (Å²) < 4.78 is 28.7. The van der Waals surface area contributed by atoms with Crippen LogP contribution in [0.25, 0.3) is 0 Å². The van der Waals surface area contributed by atoms with Crippen molar-refractivity contribution in [1.82, 2.24) is 9.80 Å². The van der Waals surface area contributed by atoms with E-state index in [0.29, 0.717) is 35.8 Å². The maximum atomic E-state index is 13.5. The van der Waals surface area contributed by atoms with Crippen molar-refractivity contribution >= 4 is 22.6 Å². The molecule has 1 amide bonds. The van der Waals surface area contributed by atoms with Crippen LogP contribution in [0, 0.1) is 5.82 Å². The third-order valence-electron chi connectivity index (χ3n) is 6.22. The third kappa shape index (κ3) is 6.43. The van der Waals surface area contributed by atoms with E-state index in [1.807, 2.05) is 53.4 Å². The van der Waals surface area contributed by atoms with E-state index in [2.05, 4.69) is 18.1 Å². The number of amides is 1. The minimum Gasteiger partial charge on any atom is -0.368 e. The second-order valence-electron chi connectivity index (χ2n) is 8.58. The molecule has 1 aliphatic rings. The fourth-order valence-electron chi connectivity index (χ4n) is 4.21. The van der Waals surface area contributed by atoms with Gasteiger partial charge in [0, 0.05) is 37.4 Å². The van der Waals surface area contributed by atoms with Crippen LogP contribution in [0.15, 0.2) is 121 Å². The minimum atomic E-state index is -1.49. The van der Waals surface area contributed by atoms with Crippen LogP contribution in [0.3, 0.4) is 0 Å². The Morgan fingerprint density at radius 2 is 1.51 bits per heavy atom. The number of halogens is 1. The van der Waals surface area contributed by atoms with E-state index >= 15 is 0 Å². The molecular weight excluding hydrogens is 485 g/mol. The maximum Gasteiger partial charge on any atom is 0.253 e. The highest BCUT2D eigenvalue weighted by atomic mass is 32.2. The summed E-state index contributed by atoms with van der Waals surface area (Å²) in [7, 11) is -1.49. The maximum absolute atomic E-state index is 13.5. The lowest BCUT2D eigenvalue weighted by molar-refractivity contribution is 0.0672. The third-order valence-corrected chi connectivity index (χ3v) is 7.63. The van der Waals surface area contributed by atoms with Gasteiger partial charge in [-0.15, -0.1) is 0 Å². The predicted octanol–water partition coefficient (Wildman–Crippen LogP) is 5.57. The van der Waals surface area contributed by atoms with Gasteiger partial charge in [0.1, 0.15) is 5.82 Å². The first-order valence-corrected chi connectivity index (χ1v) is 13.2. The first kappa shape index (κ1) is 26.1. The molecule has 0 aliphatic carbocycles. The highest BCUT2D eigenvalue weighted by molar-refractivity contribution is 7.86. The molecule has 0 bridgehead atoms. The average Bonchev–Trinajstić information content (AvgIpc) is 2.95. The molecule has 0 aromatic heterocycles. The summed E-state index contributed by atoms with van der Waals surface area (Å²) in [5.41, 5.74) is 3.11. The number of carbonyl (C=O) groups excluding carboxylic acids is 1. The summed E-state index contributed by atoms with van der Waals surface area (Å²) in [5.74, 6) is -0.353. The fraction of sp³-hybridized carbons (Fsp3) is 0.167. The second kappa shape index (κ2) is 12.3. The van der Waals surface area contributed by atoms with E-state index in [9.17, 15) is 13.4 Å². The van der Waals surface area contributed by atoms with E-state index in [1.54, 1.807) is 40.7 Å². The standard InChI is InChI=1S/C30H30FN3O2S/c1-3-8-27(4-2)32-19-21-33(22-20-32)30(35)25-13-17-28(18-14-25)34(23-24-11-15-26(31)16-12-24)37(36)29-9-6-5-7-10-29/h3-18H,1-2,19-23H2/b27-8+. The molecule has 0 N–H and O–H groups in total. The highest BCUT2D eigenvalue weighted by Crippen LogP contribution is 2.25. The van der Waals surface area contributed by atoms with Gasteiger partial charge in [-0.1, -0.05) is 49.6 Å². The van der Waals surface area contributed by atoms with Gasteiger partial charge in [-0.05, 0) is 66.2 Å². The Hall–Kier alpha value is -3.97. The van der Waals surface area contributed by atoms with Crippen LogP contribution in [-0.4, -0.2) is 46.1 Å².